The van der Waals surface area contributed by atoms with E-state index in [4.69, 9.17) is 0 Å². The lowest BCUT2D eigenvalue weighted by Crippen LogP contribution is -2.02. The summed E-state index contributed by atoms with van der Waals surface area (Å²) in [5.41, 5.74) is 0. The summed E-state index contributed by atoms with van der Waals surface area (Å²) in [6, 6.07) is 4.66. The second-order valence-corrected chi connectivity index (χ2v) is 2.45. The predicted octanol–water partition coefficient (Wildman–Crippen LogP) is 2.05. The van der Waals surface area contributed by atoms with Crippen LogP contribution in [0.5, 0.6) is 0 Å². The van der Waals surface area contributed by atoms with Crippen LogP contribution < -0.4 is 5.32 Å². The van der Waals surface area contributed by atoms with Crippen LogP contribution in [0.1, 0.15) is 13.3 Å². The van der Waals surface area contributed by atoms with Gasteiger partial charge in [-0.3, -0.25) is 0 Å². The Hall–Kier alpha value is -1.56. The van der Waals surface area contributed by atoms with E-state index in [0.29, 0.717) is 12.4 Å². The van der Waals surface area contributed by atoms with Gasteiger partial charge in [-0.05, 0) is 19.1 Å². The molecule has 1 rings (SSSR count). The SMILES string of the molecule is CC#CCCNc1cccc(F)n1. The molecule has 0 aliphatic heterocycles. The molecule has 0 aliphatic carbocycles. The maximum atomic E-state index is 12.6. The third-order valence-corrected chi connectivity index (χ3v) is 1.45. The highest BCUT2D eigenvalue weighted by Gasteiger charge is 1.93. The van der Waals surface area contributed by atoms with Gasteiger partial charge in [0.25, 0.3) is 0 Å². The van der Waals surface area contributed by atoms with Crippen LogP contribution >= 0.6 is 0 Å². The third-order valence-electron chi connectivity index (χ3n) is 1.45. The van der Waals surface area contributed by atoms with Gasteiger partial charge in [-0.2, -0.15) is 4.39 Å². The van der Waals surface area contributed by atoms with Gasteiger partial charge in [0, 0.05) is 13.0 Å². The van der Waals surface area contributed by atoms with Crippen molar-refractivity contribution in [2.24, 2.45) is 0 Å². The van der Waals surface area contributed by atoms with Crippen molar-refractivity contribution in [3.05, 3.63) is 24.1 Å². The summed E-state index contributed by atoms with van der Waals surface area (Å²) in [6.45, 7) is 2.48. The van der Waals surface area contributed by atoms with E-state index in [-0.39, 0.29) is 0 Å². The van der Waals surface area contributed by atoms with Gasteiger partial charge in [-0.1, -0.05) is 6.07 Å². The molecule has 3 heteroatoms. The monoisotopic (exact) mass is 178 g/mol. The fraction of sp³-hybridized carbons (Fsp3) is 0.300. The fourth-order valence-corrected chi connectivity index (χ4v) is 0.885. The molecule has 68 valence electrons. The Morgan fingerprint density at radius 2 is 2.38 bits per heavy atom. The van der Waals surface area contributed by atoms with Crippen molar-refractivity contribution in [1.29, 1.82) is 0 Å². The lowest BCUT2D eigenvalue weighted by Gasteiger charge is -2.01. The minimum absolute atomic E-state index is 0.466. The maximum absolute atomic E-state index is 12.6. The van der Waals surface area contributed by atoms with Crippen LogP contribution in [0, 0.1) is 17.8 Å². The zero-order valence-corrected chi connectivity index (χ0v) is 7.47. The Labute approximate surface area is 77.2 Å². The van der Waals surface area contributed by atoms with Crippen LogP contribution in [0.15, 0.2) is 18.2 Å². The molecule has 1 aromatic rings. The number of rotatable bonds is 3. The van der Waals surface area contributed by atoms with Crippen LogP contribution in [-0.2, 0) is 0 Å². The highest BCUT2D eigenvalue weighted by molar-refractivity contribution is 5.33. The molecule has 1 N–H and O–H groups in total. The van der Waals surface area contributed by atoms with Gasteiger partial charge in [0.15, 0.2) is 0 Å². The van der Waals surface area contributed by atoms with E-state index in [9.17, 15) is 4.39 Å². The first-order valence-corrected chi connectivity index (χ1v) is 4.09. The molecule has 0 aromatic carbocycles. The number of nitrogens with one attached hydrogen (secondary N) is 1. The van der Waals surface area contributed by atoms with Crippen molar-refractivity contribution < 1.29 is 4.39 Å². The highest BCUT2D eigenvalue weighted by Crippen LogP contribution is 2.02. The number of aromatic nitrogens is 1. The summed E-state index contributed by atoms with van der Waals surface area (Å²) in [4.78, 5) is 3.64. The van der Waals surface area contributed by atoms with Crippen molar-refractivity contribution in [1.82, 2.24) is 4.98 Å². The number of pyridine rings is 1. The molecular formula is C10H11FN2. The summed E-state index contributed by atoms with van der Waals surface area (Å²) in [6.07, 6.45) is 0.745. The molecule has 13 heavy (non-hydrogen) atoms. The van der Waals surface area contributed by atoms with Crippen molar-refractivity contribution in [2.45, 2.75) is 13.3 Å². The molecule has 0 bridgehead atoms. The number of halogens is 1. The summed E-state index contributed by atoms with van der Waals surface area (Å²) in [5.74, 6) is 5.77. The van der Waals surface area contributed by atoms with Crippen LogP contribution in [0.25, 0.3) is 0 Å². The van der Waals surface area contributed by atoms with Crippen molar-refractivity contribution in [2.75, 3.05) is 11.9 Å². The predicted molar refractivity (Wildman–Crippen MR) is 50.8 cm³/mol. The van der Waals surface area contributed by atoms with Crippen LogP contribution in [-0.4, -0.2) is 11.5 Å². The molecular weight excluding hydrogens is 167 g/mol. The van der Waals surface area contributed by atoms with Gasteiger partial charge in [-0.25, -0.2) is 4.98 Å². The Morgan fingerprint density at radius 1 is 1.54 bits per heavy atom. The number of nitrogens with zero attached hydrogens (tertiary/aromatic N) is 1. The maximum Gasteiger partial charge on any atom is 0.214 e. The lowest BCUT2D eigenvalue weighted by atomic mass is 10.4. The summed E-state index contributed by atoms with van der Waals surface area (Å²) in [5, 5.41) is 2.97. The third kappa shape index (κ3) is 3.57. The summed E-state index contributed by atoms with van der Waals surface area (Å²) < 4.78 is 12.6. The van der Waals surface area contributed by atoms with Gasteiger partial charge in [0.05, 0.1) is 0 Å². The van der Waals surface area contributed by atoms with E-state index < -0.39 is 5.95 Å². The normalized spacial score (nSPS) is 8.77. The van der Waals surface area contributed by atoms with Gasteiger partial charge in [0.1, 0.15) is 5.82 Å². The molecule has 0 amide bonds. The smallest absolute Gasteiger partial charge is 0.214 e. The minimum atomic E-state index is -0.466. The second-order valence-electron chi connectivity index (χ2n) is 2.45. The quantitative estimate of drug-likeness (QED) is 0.435. The van der Waals surface area contributed by atoms with Gasteiger partial charge >= 0.3 is 0 Å². The van der Waals surface area contributed by atoms with E-state index in [1.54, 1.807) is 19.1 Å². The summed E-state index contributed by atoms with van der Waals surface area (Å²) in [7, 11) is 0. The molecule has 0 atom stereocenters. The Kier molecular flexibility index (Phi) is 3.77. The van der Waals surface area contributed by atoms with Crippen molar-refractivity contribution in [3.63, 3.8) is 0 Å². The van der Waals surface area contributed by atoms with Crippen LogP contribution in [0.3, 0.4) is 0 Å². The topological polar surface area (TPSA) is 24.9 Å². The van der Waals surface area contributed by atoms with E-state index in [2.05, 4.69) is 22.1 Å². The van der Waals surface area contributed by atoms with Gasteiger partial charge in [0.2, 0.25) is 5.95 Å². The van der Waals surface area contributed by atoms with Crippen molar-refractivity contribution in [3.8, 4) is 11.8 Å². The van der Waals surface area contributed by atoms with E-state index in [0.717, 1.165) is 6.42 Å². The Morgan fingerprint density at radius 3 is 3.08 bits per heavy atom. The fourth-order valence-electron chi connectivity index (χ4n) is 0.885. The molecule has 1 heterocycles. The highest BCUT2D eigenvalue weighted by atomic mass is 19.1. The van der Waals surface area contributed by atoms with E-state index in [1.807, 2.05) is 0 Å². The number of hydrogen-bond donors (Lipinski definition) is 1. The first-order chi connectivity index (χ1) is 6.33. The first kappa shape index (κ1) is 9.53. The van der Waals surface area contributed by atoms with E-state index in [1.165, 1.54) is 6.07 Å². The molecule has 0 fully saturated rings. The number of anilines is 1. The molecule has 0 saturated heterocycles. The van der Waals surface area contributed by atoms with E-state index >= 15 is 0 Å². The largest absolute Gasteiger partial charge is 0.369 e. The zero-order chi connectivity index (χ0) is 9.52. The molecule has 2 nitrogen and oxygen atoms in total. The minimum Gasteiger partial charge on any atom is -0.369 e. The average molecular weight is 178 g/mol. The van der Waals surface area contributed by atoms with Gasteiger partial charge in [-0.15, -0.1) is 11.8 Å². The Balaban J connectivity index is 2.39. The molecule has 0 saturated carbocycles. The standard InChI is InChI=1S/C10H11FN2/c1-2-3-4-8-12-10-7-5-6-9(11)13-10/h5-7H,4,8H2,1H3,(H,12,13). The summed E-state index contributed by atoms with van der Waals surface area (Å²) >= 11 is 0. The molecule has 0 spiro atoms. The number of hydrogen-bond acceptors (Lipinski definition) is 2. The first-order valence-electron chi connectivity index (χ1n) is 4.09. The Bertz CT molecular complexity index is 325. The molecule has 0 aliphatic rings. The molecule has 0 radical (unpaired) electrons. The van der Waals surface area contributed by atoms with Gasteiger partial charge < -0.3 is 5.32 Å². The lowest BCUT2D eigenvalue weighted by molar-refractivity contribution is 0.585. The zero-order valence-electron chi connectivity index (χ0n) is 7.47. The molecule has 0 unspecified atom stereocenters. The molecule has 1 aromatic heterocycles. The van der Waals surface area contributed by atoms with Crippen LogP contribution in [0.4, 0.5) is 10.2 Å². The van der Waals surface area contributed by atoms with Crippen LogP contribution in [0.2, 0.25) is 0 Å². The average Bonchev–Trinajstić information content (AvgIpc) is 2.13. The second kappa shape index (κ2) is 5.15. The van der Waals surface area contributed by atoms with Crippen molar-refractivity contribution >= 4 is 5.82 Å².